The molecule has 0 spiro atoms. The summed E-state index contributed by atoms with van der Waals surface area (Å²) in [6.07, 6.45) is 2.39. The highest BCUT2D eigenvalue weighted by molar-refractivity contribution is 5.92. The molecule has 28 heavy (non-hydrogen) atoms. The van der Waals surface area contributed by atoms with Crippen LogP contribution in [-0.4, -0.2) is 10.9 Å². The van der Waals surface area contributed by atoms with Gasteiger partial charge in [0.05, 0.1) is 17.1 Å². The van der Waals surface area contributed by atoms with E-state index in [2.05, 4.69) is 15.8 Å². The molecule has 0 saturated carbocycles. The minimum Gasteiger partial charge on any atom is -0.298 e. The minimum atomic E-state index is -0.288. The van der Waals surface area contributed by atoms with Crippen LogP contribution in [0.1, 0.15) is 17.0 Å². The zero-order chi connectivity index (χ0) is 19.2. The maximum absolute atomic E-state index is 13.1. The van der Waals surface area contributed by atoms with Crippen LogP contribution in [0.15, 0.2) is 97.2 Å². The fourth-order valence-electron chi connectivity index (χ4n) is 3.33. The first-order valence-electron chi connectivity index (χ1n) is 9.30. The number of carbonyl (C=O) groups is 1. The summed E-state index contributed by atoms with van der Waals surface area (Å²) in [7, 11) is 0. The molecule has 138 valence electrons. The van der Waals surface area contributed by atoms with Gasteiger partial charge < -0.3 is 0 Å². The van der Waals surface area contributed by atoms with E-state index in [0.717, 1.165) is 27.7 Å². The number of hydrogen-bond donors (Lipinski definition) is 2. The smallest absolute Gasteiger partial charge is 0.246 e. The summed E-state index contributed by atoms with van der Waals surface area (Å²) in [5.74, 6) is -0.361. The molecule has 0 aliphatic rings. The number of fused-ring (bicyclic) bond motifs is 1. The van der Waals surface area contributed by atoms with Crippen molar-refractivity contribution in [1.82, 2.24) is 10.4 Å². The molecule has 4 aromatic rings. The lowest BCUT2D eigenvalue weighted by Gasteiger charge is -2.19. The van der Waals surface area contributed by atoms with Crippen molar-refractivity contribution >= 4 is 22.5 Å². The Kier molecular flexibility index (Phi) is 5.29. The second-order valence-electron chi connectivity index (χ2n) is 6.64. The molecule has 3 aromatic carbocycles. The van der Waals surface area contributed by atoms with Gasteiger partial charge in [0.25, 0.3) is 0 Å². The topological polar surface area (TPSA) is 54.0 Å². The number of aromatic nitrogens is 1. The highest BCUT2D eigenvalue weighted by Crippen LogP contribution is 2.23. The summed E-state index contributed by atoms with van der Waals surface area (Å²) in [5.41, 5.74) is 9.80. The third-order valence-corrected chi connectivity index (χ3v) is 4.77. The normalized spacial score (nSPS) is 11.7. The summed E-state index contributed by atoms with van der Waals surface area (Å²) < 4.78 is 0. The molecule has 1 atom stereocenters. The van der Waals surface area contributed by atoms with Crippen molar-refractivity contribution in [3.8, 4) is 0 Å². The van der Waals surface area contributed by atoms with Crippen LogP contribution < -0.4 is 10.9 Å². The van der Waals surface area contributed by atoms with Crippen LogP contribution in [0.25, 0.3) is 10.9 Å². The van der Waals surface area contributed by atoms with Gasteiger partial charge in [-0.05, 0) is 41.8 Å². The summed E-state index contributed by atoms with van der Waals surface area (Å²) >= 11 is 0. The van der Waals surface area contributed by atoms with Crippen LogP contribution in [0.3, 0.4) is 0 Å². The summed E-state index contributed by atoms with van der Waals surface area (Å²) in [5, 5.41) is 0.963. The molecule has 0 saturated heterocycles. The van der Waals surface area contributed by atoms with Crippen molar-refractivity contribution in [3.63, 3.8) is 0 Å². The standard InChI is InChI=1S/C24H21N3O/c28-24(27-26-23-15-7-14-22-20(23)13-8-16-25-22)21(19-11-5-2-6-12-19)17-18-9-3-1-4-10-18/h1-16,21,26H,17H2,(H,27,28). The van der Waals surface area contributed by atoms with Gasteiger partial charge >= 0.3 is 0 Å². The van der Waals surface area contributed by atoms with Crippen molar-refractivity contribution in [2.75, 3.05) is 5.43 Å². The maximum atomic E-state index is 13.1. The van der Waals surface area contributed by atoms with Crippen molar-refractivity contribution in [3.05, 3.63) is 108 Å². The number of anilines is 1. The third-order valence-electron chi connectivity index (χ3n) is 4.77. The van der Waals surface area contributed by atoms with Gasteiger partial charge in [0, 0.05) is 11.6 Å². The van der Waals surface area contributed by atoms with Gasteiger partial charge in [0.2, 0.25) is 5.91 Å². The monoisotopic (exact) mass is 367 g/mol. The second kappa shape index (κ2) is 8.35. The molecule has 4 rings (SSSR count). The van der Waals surface area contributed by atoms with Crippen molar-refractivity contribution in [1.29, 1.82) is 0 Å². The molecule has 4 heteroatoms. The number of carbonyl (C=O) groups excluding carboxylic acids is 1. The molecule has 0 aliphatic heterocycles. The number of rotatable bonds is 6. The Morgan fingerprint density at radius 2 is 1.57 bits per heavy atom. The van der Waals surface area contributed by atoms with E-state index in [1.54, 1.807) is 6.20 Å². The Hall–Kier alpha value is -3.66. The molecule has 0 fully saturated rings. The van der Waals surface area contributed by atoms with Gasteiger partial charge in [-0.1, -0.05) is 66.7 Å². The average Bonchev–Trinajstić information content (AvgIpc) is 2.77. The van der Waals surface area contributed by atoms with E-state index in [0.29, 0.717) is 6.42 Å². The molecule has 0 bridgehead atoms. The largest absolute Gasteiger partial charge is 0.298 e. The van der Waals surface area contributed by atoms with Crippen molar-refractivity contribution in [2.24, 2.45) is 0 Å². The number of pyridine rings is 1. The first-order chi connectivity index (χ1) is 13.8. The van der Waals surface area contributed by atoms with Crippen LogP contribution in [-0.2, 0) is 11.2 Å². The lowest BCUT2D eigenvalue weighted by molar-refractivity contribution is -0.122. The highest BCUT2D eigenvalue weighted by Gasteiger charge is 2.21. The zero-order valence-corrected chi connectivity index (χ0v) is 15.4. The number of nitrogens with one attached hydrogen (secondary N) is 2. The van der Waals surface area contributed by atoms with Gasteiger partial charge in [-0.25, -0.2) is 0 Å². The molecule has 0 aliphatic carbocycles. The number of hydrazine groups is 1. The number of amides is 1. The van der Waals surface area contributed by atoms with Gasteiger partial charge in [0.15, 0.2) is 0 Å². The average molecular weight is 367 g/mol. The summed E-state index contributed by atoms with van der Waals surface area (Å²) in [6.45, 7) is 0. The molecular weight excluding hydrogens is 346 g/mol. The fraction of sp³-hybridized carbons (Fsp3) is 0.0833. The predicted octanol–water partition coefficient (Wildman–Crippen LogP) is 4.70. The number of benzene rings is 3. The van der Waals surface area contributed by atoms with E-state index in [1.807, 2.05) is 91.0 Å². The third kappa shape index (κ3) is 4.01. The van der Waals surface area contributed by atoms with Crippen molar-refractivity contribution < 1.29 is 4.79 Å². The lowest BCUT2D eigenvalue weighted by atomic mass is 9.91. The van der Waals surface area contributed by atoms with Gasteiger partial charge in [-0.3, -0.25) is 20.6 Å². The Labute approximate surface area is 164 Å². The minimum absolute atomic E-state index is 0.0732. The molecule has 4 nitrogen and oxygen atoms in total. The fourth-order valence-corrected chi connectivity index (χ4v) is 3.33. The van der Waals surface area contributed by atoms with E-state index in [4.69, 9.17) is 0 Å². The zero-order valence-electron chi connectivity index (χ0n) is 15.4. The Morgan fingerprint density at radius 1 is 0.821 bits per heavy atom. The molecule has 2 N–H and O–H groups in total. The van der Waals surface area contributed by atoms with E-state index >= 15 is 0 Å². The van der Waals surface area contributed by atoms with Crippen LogP contribution in [0.2, 0.25) is 0 Å². The highest BCUT2D eigenvalue weighted by atomic mass is 16.2. The number of hydrogen-bond acceptors (Lipinski definition) is 3. The molecule has 0 radical (unpaired) electrons. The lowest BCUT2D eigenvalue weighted by Crippen LogP contribution is -2.35. The van der Waals surface area contributed by atoms with Gasteiger partial charge in [-0.2, -0.15) is 0 Å². The van der Waals surface area contributed by atoms with Gasteiger partial charge in [0.1, 0.15) is 0 Å². The summed E-state index contributed by atoms with van der Waals surface area (Å²) in [4.78, 5) is 17.4. The molecule has 1 aromatic heterocycles. The van der Waals surface area contributed by atoms with E-state index in [9.17, 15) is 4.79 Å². The molecule has 1 amide bonds. The quantitative estimate of drug-likeness (QED) is 0.486. The number of nitrogens with zero attached hydrogens (tertiary/aromatic N) is 1. The Balaban J connectivity index is 1.55. The Bertz CT molecular complexity index is 1060. The molecule has 1 heterocycles. The first kappa shape index (κ1) is 17.7. The van der Waals surface area contributed by atoms with Crippen LogP contribution >= 0.6 is 0 Å². The predicted molar refractivity (Wildman–Crippen MR) is 113 cm³/mol. The van der Waals surface area contributed by atoms with Crippen LogP contribution in [0.4, 0.5) is 5.69 Å². The van der Waals surface area contributed by atoms with E-state index in [1.165, 1.54) is 0 Å². The summed E-state index contributed by atoms with van der Waals surface area (Å²) in [6, 6.07) is 29.6. The maximum Gasteiger partial charge on any atom is 0.246 e. The van der Waals surface area contributed by atoms with Crippen LogP contribution in [0, 0.1) is 0 Å². The molecule has 1 unspecified atom stereocenters. The van der Waals surface area contributed by atoms with E-state index in [-0.39, 0.29) is 11.8 Å². The van der Waals surface area contributed by atoms with E-state index < -0.39 is 0 Å². The van der Waals surface area contributed by atoms with Crippen molar-refractivity contribution in [2.45, 2.75) is 12.3 Å². The van der Waals surface area contributed by atoms with Crippen LogP contribution in [0.5, 0.6) is 0 Å². The Morgan fingerprint density at radius 3 is 2.36 bits per heavy atom. The van der Waals surface area contributed by atoms with Gasteiger partial charge in [-0.15, -0.1) is 0 Å². The second-order valence-corrected chi connectivity index (χ2v) is 6.64. The first-order valence-corrected chi connectivity index (χ1v) is 9.30. The SMILES string of the molecule is O=C(NNc1cccc2ncccc12)C(Cc1ccccc1)c1ccccc1. The molecular formula is C24H21N3O.